The first kappa shape index (κ1) is 16.9. The Morgan fingerprint density at radius 2 is 2.07 bits per heavy atom. The average Bonchev–Trinajstić information content (AvgIpc) is 2.10. The summed E-state index contributed by atoms with van der Waals surface area (Å²) in [7, 11) is 0. The van der Waals surface area contributed by atoms with Crippen LogP contribution >= 0.6 is 24.0 Å². The van der Waals surface area contributed by atoms with E-state index in [-0.39, 0.29) is 42.5 Å². The number of halogens is 1. The zero-order valence-electron chi connectivity index (χ0n) is 9.54. The molecule has 6 heteroatoms. The van der Waals surface area contributed by atoms with Crippen molar-refractivity contribution in [2.45, 2.75) is 33.2 Å². The van der Waals surface area contributed by atoms with E-state index in [1.807, 2.05) is 20.8 Å². The van der Waals surface area contributed by atoms with E-state index in [1.54, 1.807) is 0 Å². The van der Waals surface area contributed by atoms with Gasteiger partial charge in [0.2, 0.25) is 5.91 Å². The first-order chi connectivity index (χ1) is 6.56. The van der Waals surface area contributed by atoms with Crippen molar-refractivity contribution in [3.05, 3.63) is 0 Å². The van der Waals surface area contributed by atoms with Gasteiger partial charge in [0.25, 0.3) is 0 Å². The molecular formula is C9H21IN4O. The van der Waals surface area contributed by atoms with Gasteiger partial charge in [-0.3, -0.25) is 4.79 Å². The number of amides is 1. The van der Waals surface area contributed by atoms with Crippen LogP contribution in [0.2, 0.25) is 0 Å². The Balaban J connectivity index is 0. The van der Waals surface area contributed by atoms with E-state index in [0.717, 1.165) is 6.42 Å². The van der Waals surface area contributed by atoms with Crippen molar-refractivity contribution < 1.29 is 4.79 Å². The van der Waals surface area contributed by atoms with Crippen molar-refractivity contribution in [3.63, 3.8) is 0 Å². The monoisotopic (exact) mass is 328 g/mol. The number of guanidine groups is 1. The highest BCUT2D eigenvalue weighted by atomic mass is 127. The van der Waals surface area contributed by atoms with Gasteiger partial charge in [-0.2, -0.15) is 0 Å². The minimum atomic E-state index is -0.0969. The molecule has 0 aromatic carbocycles. The van der Waals surface area contributed by atoms with Gasteiger partial charge in [-0.25, -0.2) is 4.99 Å². The van der Waals surface area contributed by atoms with Crippen LogP contribution in [0.25, 0.3) is 0 Å². The molecule has 15 heavy (non-hydrogen) atoms. The van der Waals surface area contributed by atoms with Crippen LogP contribution in [-0.2, 0) is 4.79 Å². The van der Waals surface area contributed by atoms with Crippen LogP contribution in [-0.4, -0.2) is 31.0 Å². The SMILES string of the molecule is CCCNC(=O)CN=C(N)NC(C)C.I. The van der Waals surface area contributed by atoms with E-state index in [2.05, 4.69) is 15.6 Å². The standard InChI is InChI=1S/C9H20N4O.HI/c1-4-5-11-8(14)6-12-9(10)13-7(2)3;/h7H,4-6H2,1-3H3,(H,11,14)(H3,10,12,13);1H. The second-order valence-electron chi connectivity index (χ2n) is 3.35. The minimum Gasteiger partial charge on any atom is -0.370 e. The number of hydrogen-bond acceptors (Lipinski definition) is 2. The summed E-state index contributed by atoms with van der Waals surface area (Å²) in [4.78, 5) is 15.0. The van der Waals surface area contributed by atoms with E-state index < -0.39 is 0 Å². The Hall–Kier alpha value is -0.530. The lowest BCUT2D eigenvalue weighted by atomic mass is 10.4. The lowest BCUT2D eigenvalue weighted by Crippen LogP contribution is -2.38. The van der Waals surface area contributed by atoms with Crippen molar-refractivity contribution in [2.75, 3.05) is 13.1 Å². The molecule has 1 amide bonds. The summed E-state index contributed by atoms with van der Waals surface area (Å²) in [5.41, 5.74) is 5.51. The second-order valence-corrected chi connectivity index (χ2v) is 3.35. The van der Waals surface area contributed by atoms with Crippen LogP contribution in [0.3, 0.4) is 0 Å². The first-order valence-corrected chi connectivity index (χ1v) is 4.89. The number of rotatable bonds is 5. The van der Waals surface area contributed by atoms with Crippen LogP contribution in [0.4, 0.5) is 0 Å². The largest absolute Gasteiger partial charge is 0.370 e. The molecule has 0 heterocycles. The Morgan fingerprint density at radius 3 is 2.53 bits per heavy atom. The van der Waals surface area contributed by atoms with Crippen molar-refractivity contribution in [1.29, 1.82) is 0 Å². The van der Waals surface area contributed by atoms with Gasteiger partial charge in [0, 0.05) is 12.6 Å². The van der Waals surface area contributed by atoms with Gasteiger partial charge in [0.15, 0.2) is 5.96 Å². The van der Waals surface area contributed by atoms with Crippen LogP contribution < -0.4 is 16.4 Å². The maximum absolute atomic E-state index is 11.1. The molecule has 0 aliphatic rings. The van der Waals surface area contributed by atoms with Gasteiger partial charge >= 0.3 is 0 Å². The summed E-state index contributed by atoms with van der Waals surface area (Å²) in [6, 6.07) is 0.234. The van der Waals surface area contributed by atoms with Gasteiger partial charge in [-0.1, -0.05) is 6.92 Å². The molecule has 0 fully saturated rings. The molecule has 5 nitrogen and oxygen atoms in total. The number of nitrogens with one attached hydrogen (secondary N) is 2. The van der Waals surface area contributed by atoms with Crippen LogP contribution in [0.1, 0.15) is 27.2 Å². The van der Waals surface area contributed by atoms with Crippen molar-refractivity contribution in [3.8, 4) is 0 Å². The maximum atomic E-state index is 11.1. The molecule has 4 N–H and O–H groups in total. The molecule has 0 saturated carbocycles. The number of aliphatic imine (C=N–C) groups is 1. The Labute approximate surface area is 108 Å². The molecule has 0 aliphatic carbocycles. The fourth-order valence-electron chi connectivity index (χ4n) is 0.819. The number of carbonyl (C=O) groups is 1. The van der Waals surface area contributed by atoms with Crippen LogP contribution in [0.5, 0.6) is 0 Å². The van der Waals surface area contributed by atoms with E-state index in [1.165, 1.54) is 0 Å². The van der Waals surface area contributed by atoms with Gasteiger partial charge < -0.3 is 16.4 Å². The van der Waals surface area contributed by atoms with E-state index in [9.17, 15) is 4.79 Å². The predicted molar refractivity (Wildman–Crippen MR) is 73.5 cm³/mol. The third-order valence-electron chi connectivity index (χ3n) is 1.40. The quantitative estimate of drug-likeness (QED) is 0.389. The number of carbonyl (C=O) groups excluding carboxylic acids is 1. The van der Waals surface area contributed by atoms with Crippen molar-refractivity contribution >= 4 is 35.8 Å². The van der Waals surface area contributed by atoms with Crippen LogP contribution in [0.15, 0.2) is 4.99 Å². The zero-order chi connectivity index (χ0) is 11.0. The fourth-order valence-corrected chi connectivity index (χ4v) is 0.819. The highest BCUT2D eigenvalue weighted by molar-refractivity contribution is 14.0. The highest BCUT2D eigenvalue weighted by Crippen LogP contribution is 1.78. The summed E-state index contributed by atoms with van der Waals surface area (Å²) >= 11 is 0. The molecule has 0 aliphatic heterocycles. The third kappa shape index (κ3) is 11.4. The lowest BCUT2D eigenvalue weighted by Gasteiger charge is -2.08. The first-order valence-electron chi connectivity index (χ1n) is 4.89. The molecular weight excluding hydrogens is 307 g/mol. The molecule has 0 unspecified atom stereocenters. The summed E-state index contributed by atoms with van der Waals surface area (Å²) in [6.45, 7) is 6.69. The summed E-state index contributed by atoms with van der Waals surface area (Å²) in [6.07, 6.45) is 0.926. The summed E-state index contributed by atoms with van der Waals surface area (Å²) < 4.78 is 0. The topological polar surface area (TPSA) is 79.5 Å². The lowest BCUT2D eigenvalue weighted by molar-refractivity contribution is -0.119. The molecule has 0 spiro atoms. The third-order valence-corrected chi connectivity index (χ3v) is 1.40. The van der Waals surface area contributed by atoms with Crippen LogP contribution in [0, 0.1) is 0 Å². The maximum Gasteiger partial charge on any atom is 0.241 e. The van der Waals surface area contributed by atoms with E-state index in [0.29, 0.717) is 12.5 Å². The molecule has 90 valence electrons. The molecule has 0 aromatic heterocycles. The van der Waals surface area contributed by atoms with Gasteiger partial charge in [0.05, 0.1) is 0 Å². The zero-order valence-corrected chi connectivity index (χ0v) is 11.9. The molecule has 0 bridgehead atoms. The van der Waals surface area contributed by atoms with Crippen molar-refractivity contribution in [2.24, 2.45) is 10.7 Å². The molecule has 0 rings (SSSR count). The van der Waals surface area contributed by atoms with E-state index in [4.69, 9.17) is 5.73 Å². The number of nitrogens with two attached hydrogens (primary N) is 1. The smallest absolute Gasteiger partial charge is 0.241 e. The molecule has 0 aromatic rings. The number of nitrogens with zero attached hydrogens (tertiary/aromatic N) is 1. The molecule has 0 saturated heterocycles. The second kappa shape index (κ2) is 10.0. The molecule has 0 radical (unpaired) electrons. The summed E-state index contributed by atoms with van der Waals surface area (Å²) in [5.74, 6) is 0.215. The fraction of sp³-hybridized carbons (Fsp3) is 0.778. The Kier molecular flexibility index (Phi) is 11.3. The number of hydrogen-bond donors (Lipinski definition) is 3. The Bertz CT molecular complexity index is 206. The molecule has 0 atom stereocenters. The highest BCUT2D eigenvalue weighted by Gasteiger charge is 1.99. The van der Waals surface area contributed by atoms with Gasteiger partial charge in [-0.05, 0) is 20.3 Å². The van der Waals surface area contributed by atoms with Crippen molar-refractivity contribution in [1.82, 2.24) is 10.6 Å². The summed E-state index contributed by atoms with van der Waals surface area (Å²) in [5, 5.41) is 5.61. The van der Waals surface area contributed by atoms with Gasteiger partial charge in [-0.15, -0.1) is 24.0 Å². The minimum absolute atomic E-state index is 0. The van der Waals surface area contributed by atoms with E-state index >= 15 is 0 Å². The average molecular weight is 328 g/mol. The normalized spacial score (nSPS) is 10.8. The Morgan fingerprint density at radius 1 is 1.47 bits per heavy atom. The van der Waals surface area contributed by atoms with Gasteiger partial charge in [0.1, 0.15) is 6.54 Å². The predicted octanol–water partition coefficient (Wildman–Crippen LogP) is 0.443.